The second-order valence-corrected chi connectivity index (χ2v) is 6.94. The number of nitrogens with one attached hydrogen (secondary N) is 1. The Balaban J connectivity index is 1.45. The zero-order valence-electron chi connectivity index (χ0n) is 16.6. The van der Waals surface area contributed by atoms with Crippen molar-refractivity contribution < 1.29 is 9.53 Å². The van der Waals surface area contributed by atoms with Crippen LogP contribution in [0.4, 0.5) is 0 Å². The van der Waals surface area contributed by atoms with Crippen molar-refractivity contribution in [2.24, 2.45) is 5.10 Å². The smallest absolute Gasteiger partial charge is 0.277 e. The number of ether oxygens (including phenoxy) is 1. The van der Waals surface area contributed by atoms with Crippen LogP contribution in [0.15, 0.2) is 71.8 Å². The molecular weight excluding hydrogens is 362 g/mol. The van der Waals surface area contributed by atoms with Gasteiger partial charge in [-0.2, -0.15) is 5.10 Å². The van der Waals surface area contributed by atoms with Gasteiger partial charge in [-0.15, -0.1) is 0 Å². The van der Waals surface area contributed by atoms with Crippen molar-refractivity contribution in [3.63, 3.8) is 0 Å². The van der Waals surface area contributed by atoms with Crippen molar-refractivity contribution in [2.75, 3.05) is 6.61 Å². The predicted octanol–water partition coefficient (Wildman–Crippen LogP) is 4.65. The van der Waals surface area contributed by atoms with E-state index in [9.17, 15) is 4.79 Å². The normalized spacial score (nSPS) is 11.4. The lowest BCUT2D eigenvalue weighted by atomic mass is 10.1. The zero-order chi connectivity index (χ0) is 20.2. The second kappa shape index (κ2) is 8.19. The molecule has 0 saturated carbocycles. The van der Waals surface area contributed by atoms with Gasteiger partial charge >= 0.3 is 0 Å². The molecule has 29 heavy (non-hydrogen) atoms. The SMILES string of the molecule is CCn1c2ccccc2c2cc(C=NNC(=O)COc3cccc(C)c3)ccc21. The van der Waals surface area contributed by atoms with Crippen LogP contribution in [0.3, 0.4) is 0 Å². The number of hydrogen-bond acceptors (Lipinski definition) is 3. The molecule has 0 unspecified atom stereocenters. The lowest BCUT2D eigenvalue weighted by Crippen LogP contribution is -2.24. The third-order valence-corrected chi connectivity index (χ3v) is 4.87. The summed E-state index contributed by atoms with van der Waals surface area (Å²) in [6.07, 6.45) is 1.65. The quantitative estimate of drug-likeness (QED) is 0.388. The molecule has 146 valence electrons. The zero-order valence-corrected chi connectivity index (χ0v) is 16.6. The van der Waals surface area contributed by atoms with E-state index in [0.717, 1.165) is 17.7 Å². The number of rotatable bonds is 6. The number of carbonyl (C=O) groups excluding carboxylic acids is 1. The average molecular weight is 385 g/mol. The second-order valence-electron chi connectivity index (χ2n) is 6.94. The Hall–Kier alpha value is -3.60. The third-order valence-electron chi connectivity index (χ3n) is 4.87. The van der Waals surface area contributed by atoms with E-state index in [1.165, 1.54) is 21.8 Å². The van der Waals surface area contributed by atoms with Crippen molar-refractivity contribution in [3.05, 3.63) is 77.9 Å². The summed E-state index contributed by atoms with van der Waals surface area (Å²) in [5, 5.41) is 6.47. The molecule has 0 atom stereocenters. The lowest BCUT2D eigenvalue weighted by molar-refractivity contribution is -0.123. The van der Waals surface area contributed by atoms with Gasteiger partial charge in [-0.3, -0.25) is 4.79 Å². The number of amides is 1. The van der Waals surface area contributed by atoms with Gasteiger partial charge < -0.3 is 9.30 Å². The van der Waals surface area contributed by atoms with Gasteiger partial charge in [0.15, 0.2) is 6.61 Å². The highest BCUT2D eigenvalue weighted by molar-refractivity contribution is 6.09. The van der Waals surface area contributed by atoms with Gasteiger partial charge in [0.05, 0.1) is 6.21 Å². The molecule has 4 aromatic rings. The highest BCUT2D eigenvalue weighted by Crippen LogP contribution is 2.29. The first-order chi connectivity index (χ1) is 14.2. The number of carbonyl (C=O) groups is 1. The molecule has 0 aliphatic heterocycles. The van der Waals surface area contributed by atoms with E-state index in [2.05, 4.69) is 58.4 Å². The van der Waals surface area contributed by atoms with E-state index >= 15 is 0 Å². The Morgan fingerprint density at radius 1 is 1.03 bits per heavy atom. The van der Waals surface area contributed by atoms with Gasteiger partial charge in [0.2, 0.25) is 0 Å². The minimum Gasteiger partial charge on any atom is -0.484 e. The van der Waals surface area contributed by atoms with Crippen LogP contribution in [0.2, 0.25) is 0 Å². The van der Waals surface area contributed by atoms with Crippen LogP contribution in [0.25, 0.3) is 21.8 Å². The summed E-state index contributed by atoms with van der Waals surface area (Å²) in [6, 6.07) is 22.2. The molecule has 1 heterocycles. The summed E-state index contributed by atoms with van der Waals surface area (Å²) in [4.78, 5) is 12.0. The average Bonchev–Trinajstić information content (AvgIpc) is 3.05. The van der Waals surface area contributed by atoms with Crippen molar-refractivity contribution in [1.82, 2.24) is 9.99 Å². The van der Waals surface area contributed by atoms with Gasteiger partial charge in [-0.25, -0.2) is 5.43 Å². The molecule has 1 aromatic heterocycles. The molecule has 3 aromatic carbocycles. The monoisotopic (exact) mass is 385 g/mol. The number of nitrogens with zero attached hydrogens (tertiary/aromatic N) is 2. The van der Waals surface area contributed by atoms with Gasteiger partial charge in [0.1, 0.15) is 5.75 Å². The number of hydrogen-bond donors (Lipinski definition) is 1. The summed E-state index contributed by atoms with van der Waals surface area (Å²) in [7, 11) is 0. The van der Waals surface area contributed by atoms with Crippen LogP contribution in [-0.2, 0) is 11.3 Å². The van der Waals surface area contributed by atoms with Gasteiger partial charge in [0, 0.05) is 28.4 Å². The van der Waals surface area contributed by atoms with E-state index in [-0.39, 0.29) is 12.5 Å². The molecule has 0 fully saturated rings. The number of aryl methyl sites for hydroxylation is 2. The van der Waals surface area contributed by atoms with Crippen LogP contribution in [0, 0.1) is 6.92 Å². The maximum absolute atomic E-state index is 12.0. The fourth-order valence-electron chi connectivity index (χ4n) is 3.56. The Bertz CT molecular complexity index is 1210. The van der Waals surface area contributed by atoms with Crippen LogP contribution in [0.5, 0.6) is 5.75 Å². The first-order valence-electron chi connectivity index (χ1n) is 9.68. The topological polar surface area (TPSA) is 55.6 Å². The molecule has 0 saturated heterocycles. The largest absolute Gasteiger partial charge is 0.484 e. The van der Waals surface area contributed by atoms with Crippen LogP contribution in [-0.4, -0.2) is 23.3 Å². The maximum Gasteiger partial charge on any atom is 0.277 e. The van der Waals surface area contributed by atoms with E-state index in [0.29, 0.717) is 5.75 Å². The van der Waals surface area contributed by atoms with Gasteiger partial charge in [0.25, 0.3) is 5.91 Å². The third kappa shape index (κ3) is 3.99. The molecular formula is C24H23N3O2. The Morgan fingerprint density at radius 3 is 2.69 bits per heavy atom. The Kier molecular flexibility index (Phi) is 5.29. The minimum atomic E-state index is -0.300. The Morgan fingerprint density at radius 2 is 1.86 bits per heavy atom. The van der Waals surface area contributed by atoms with E-state index in [1.54, 1.807) is 6.21 Å². The molecule has 4 rings (SSSR count). The number of aromatic nitrogens is 1. The van der Waals surface area contributed by atoms with Crippen molar-refractivity contribution in [2.45, 2.75) is 20.4 Å². The number of fused-ring (bicyclic) bond motifs is 3. The molecule has 5 heteroatoms. The highest BCUT2D eigenvalue weighted by Gasteiger charge is 2.09. The molecule has 0 radical (unpaired) electrons. The molecule has 0 aliphatic rings. The molecule has 5 nitrogen and oxygen atoms in total. The van der Waals surface area contributed by atoms with E-state index in [4.69, 9.17) is 4.74 Å². The number of para-hydroxylation sites is 1. The minimum absolute atomic E-state index is 0.0795. The van der Waals surface area contributed by atoms with Crippen LogP contribution >= 0.6 is 0 Å². The van der Waals surface area contributed by atoms with Crippen LogP contribution < -0.4 is 10.2 Å². The van der Waals surface area contributed by atoms with E-state index < -0.39 is 0 Å². The summed E-state index contributed by atoms with van der Waals surface area (Å²) in [5.74, 6) is 0.369. The van der Waals surface area contributed by atoms with E-state index in [1.807, 2.05) is 37.3 Å². The first kappa shape index (κ1) is 18.7. The molecule has 0 aliphatic carbocycles. The maximum atomic E-state index is 12.0. The van der Waals surface area contributed by atoms with Gasteiger partial charge in [-0.05, 0) is 55.3 Å². The highest BCUT2D eigenvalue weighted by atomic mass is 16.5. The van der Waals surface area contributed by atoms with Crippen LogP contribution in [0.1, 0.15) is 18.1 Å². The molecule has 0 spiro atoms. The fraction of sp³-hybridized carbons (Fsp3) is 0.167. The Labute approximate surface area is 169 Å². The number of benzene rings is 3. The van der Waals surface area contributed by atoms with Gasteiger partial charge in [-0.1, -0.05) is 36.4 Å². The van der Waals surface area contributed by atoms with Crippen molar-refractivity contribution >= 4 is 33.9 Å². The summed E-state index contributed by atoms with van der Waals surface area (Å²) < 4.78 is 7.79. The predicted molar refractivity (Wildman–Crippen MR) is 118 cm³/mol. The number of hydrazone groups is 1. The standard InChI is InChI=1S/C24H23N3O2/c1-3-27-22-10-5-4-9-20(22)21-14-18(11-12-23(21)27)15-25-26-24(28)16-29-19-8-6-7-17(2)13-19/h4-15H,3,16H2,1-2H3,(H,26,28). The summed E-state index contributed by atoms with van der Waals surface area (Å²) in [5.41, 5.74) is 6.95. The summed E-state index contributed by atoms with van der Waals surface area (Å²) in [6.45, 7) is 4.96. The van der Waals surface area contributed by atoms with Crippen molar-refractivity contribution in [1.29, 1.82) is 0 Å². The van der Waals surface area contributed by atoms with Crippen molar-refractivity contribution in [3.8, 4) is 5.75 Å². The summed E-state index contributed by atoms with van der Waals surface area (Å²) >= 11 is 0. The molecule has 0 bridgehead atoms. The first-order valence-corrected chi connectivity index (χ1v) is 9.68. The lowest BCUT2D eigenvalue weighted by Gasteiger charge is -2.05. The fourth-order valence-corrected chi connectivity index (χ4v) is 3.56. The molecule has 1 N–H and O–H groups in total. The molecule has 1 amide bonds.